The monoisotopic (exact) mass is 346 g/mol. The van der Waals surface area contributed by atoms with Crippen molar-refractivity contribution in [1.29, 1.82) is 0 Å². The van der Waals surface area contributed by atoms with E-state index in [0.717, 1.165) is 22.6 Å². The van der Waals surface area contributed by atoms with Crippen LogP contribution >= 0.6 is 0 Å². The van der Waals surface area contributed by atoms with Crippen LogP contribution in [0.4, 0.5) is 10.1 Å². The average Bonchev–Trinajstić information content (AvgIpc) is 3.01. The Morgan fingerprint density at radius 3 is 2.65 bits per heavy atom. The van der Waals surface area contributed by atoms with E-state index in [1.165, 1.54) is 24.3 Å². The molecule has 0 aliphatic heterocycles. The first-order chi connectivity index (χ1) is 12.6. The smallest absolute Gasteiger partial charge is 0.255 e. The first-order valence-electron chi connectivity index (χ1n) is 8.06. The molecule has 1 N–H and O–H groups in total. The molecular formula is C20H15FN4O. The lowest BCUT2D eigenvalue weighted by molar-refractivity contribution is 0.102. The number of anilines is 1. The van der Waals surface area contributed by atoms with Crippen molar-refractivity contribution < 1.29 is 9.18 Å². The van der Waals surface area contributed by atoms with Gasteiger partial charge in [-0.05, 0) is 48.5 Å². The number of carbonyl (C=O) groups excluding carboxylic acids is 1. The second-order valence-electron chi connectivity index (χ2n) is 5.88. The lowest BCUT2D eigenvalue weighted by Crippen LogP contribution is -2.12. The molecule has 128 valence electrons. The molecule has 2 heterocycles. The molecule has 0 saturated carbocycles. The predicted octanol–water partition coefficient (Wildman–Crippen LogP) is 4.03. The van der Waals surface area contributed by atoms with Crippen molar-refractivity contribution in [3.05, 3.63) is 78.2 Å². The van der Waals surface area contributed by atoms with Crippen LogP contribution < -0.4 is 5.32 Å². The van der Waals surface area contributed by atoms with Gasteiger partial charge in [0.05, 0.1) is 0 Å². The van der Waals surface area contributed by atoms with Crippen LogP contribution in [0.1, 0.15) is 10.4 Å². The molecule has 0 unspecified atom stereocenters. The number of aryl methyl sites for hydroxylation is 1. The summed E-state index contributed by atoms with van der Waals surface area (Å²) in [6.45, 7) is 0. The first-order valence-corrected chi connectivity index (χ1v) is 8.06. The summed E-state index contributed by atoms with van der Waals surface area (Å²) in [5, 5.41) is 2.76. The number of halogens is 1. The van der Waals surface area contributed by atoms with Crippen molar-refractivity contribution in [3.8, 4) is 11.4 Å². The van der Waals surface area contributed by atoms with Crippen molar-refractivity contribution in [2.24, 2.45) is 7.05 Å². The molecule has 0 atom stereocenters. The minimum absolute atomic E-state index is 0.268. The molecule has 2 aromatic heterocycles. The molecule has 0 saturated heterocycles. The number of nitrogens with zero attached hydrogens (tertiary/aromatic N) is 3. The van der Waals surface area contributed by atoms with Gasteiger partial charge in [0, 0.05) is 30.1 Å². The van der Waals surface area contributed by atoms with E-state index in [0.29, 0.717) is 11.3 Å². The third kappa shape index (κ3) is 2.93. The van der Waals surface area contributed by atoms with E-state index in [9.17, 15) is 9.18 Å². The molecule has 4 rings (SSSR count). The molecule has 0 spiro atoms. The summed E-state index contributed by atoms with van der Waals surface area (Å²) < 4.78 is 14.9. The highest BCUT2D eigenvalue weighted by atomic mass is 19.1. The van der Waals surface area contributed by atoms with Gasteiger partial charge in [0.15, 0.2) is 5.65 Å². The Hall–Kier alpha value is -3.54. The second-order valence-corrected chi connectivity index (χ2v) is 5.88. The molecule has 0 radical (unpaired) electrons. The molecule has 0 aliphatic carbocycles. The van der Waals surface area contributed by atoms with Gasteiger partial charge in [0.1, 0.15) is 17.2 Å². The van der Waals surface area contributed by atoms with E-state index in [1.807, 2.05) is 35.9 Å². The predicted molar refractivity (Wildman–Crippen MR) is 98.3 cm³/mol. The Morgan fingerprint density at radius 1 is 1.08 bits per heavy atom. The summed E-state index contributed by atoms with van der Waals surface area (Å²) in [7, 11) is 1.89. The molecule has 6 heteroatoms. The molecule has 2 aromatic carbocycles. The van der Waals surface area contributed by atoms with Crippen LogP contribution in [0, 0.1) is 5.82 Å². The zero-order chi connectivity index (χ0) is 18.1. The third-order valence-corrected chi connectivity index (χ3v) is 4.11. The van der Waals surface area contributed by atoms with E-state index >= 15 is 0 Å². The number of imidazole rings is 1. The number of pyridine rings is 1. The van der Waals surface area contributed by atoms with Gasteiger partial charge in [-0.3, -0.25) is 4.79 Å². The minimum Gasteiger partial charge on any atom is -0.322 e. The second kappa shape index (κ2) is 6.40. The van der Waals surface area contributed by atoms with E-state index < -0.39 is 0 Å². The lowest BCUT2D eigenvalue weighted by Gasteiger charge is -2.07. The van der Waals surface area contributed by atoms with Crippen LogP contribution in [0.25, 0.3) is 22.6 Å². The fraction of sp³-hybridized carbons (Fsp3) is 0.0500. The van der Waals surface area contributed by atoms with Gasteiger partial charge in [-0.2, -0.15) is 0 Å². The average molecular weight is 346 g/mol. The number of aromatic nitrogens is 3. The fourth-order valence-electron chi connectivity index (χ4n) is 2.82. The Kier molecular flexibility index (Phi) is 3.93. The maximum Gasteiger partial charge on any atom is 0.255 e. The Morgan fingerprint density at radius 2 is 1.88 bits per heavy atom. The zero-order valence-corrected chi connectivity index (χ0v) is 14.0. The largest absolute Gasteiger partial charge is 0.322 e. The van der Waals surface area contributed by atoms with E-state index in [1.54, 1.807) is 18.3 Å². The van der Waals surface area contributed by atoms with Gasteiger partial charge in [0.25, 0.3) is 5.91 Å². The Balaban J connectivity index is 1.66. The summed E-state index contributed by atoms with van der Waals surface area (Å²) in [6.07, 6.45) is 1.72. The van der Waals surface area contributed by atoms with Crippen LogP contribution in [0.15, 0.2) is 66.9 Å². The number of benzene rings is 2. The van der Waals surface area contributed by atoms with Crippen LogP contribution in [0.2, 0.25) is 0 Å². The van der Waals surface area contributed by atoms with Crippen molar-refractivity contribution in [1.82, 2.24) is 14.5 Å². The minimum atomic E-state index is -0.347. The fourth-order valence-corrected chi connectivity index (χ4v) is 2.82. The Bertz CT molecular complexity index is 1100. The quantitative estimate of drug-likeness (QED) is 0.609. The summed E-state index contributed by atoms with van der Waals surface area (Å²) in [6, 6.07) is 16.6. The number of hydrogen-bond donors (Lipinski definition) is 1. The lowest BCUT2D eigenvalue weighted by atomic mass is 10.1. The van der Waals surface area contributed by atoms with Crippen molar-refractivity contribution in [2.45, 2.75) is 0 Å². The first kappa shape index (κ1) is 16.0. The maximum absolute atomic E-state index is 13.0. The number of rotatable bonds is 3. The molecule has 0 fully saturated rings. The highest BCUT2D eigenvalue weighted by Gasteiger charge is 2.13. The standard InChI is InChI=1S/C20H15FN4O/c1-25-18(24-17-6-3-11-22-19(17)25)13-4-2-5-14(12-13)20(26)23-16-9-7-15(21)8-10-16/h2-12H,1H3,(H,23,26). The third-order valence-electron chi connectivity index (χ3n) is 4.11. The van der Waals surface area contributed by atoms with Crippen LogP contribution in [-0.2, 0) is 7.05 Å². The highest BCUT2D eigenvalue weighted by Crippen LogP contribution is 2.23. The van der Waals surface area contributed by atoms with Crippen LogP contribution in [0.3, 0.4) is 0 Å². The number of nitrogens with one attached hydrogen (secondary N) is 1. The van der Waals surface area contributed by atoms with E-state index in [-0.39, 0.29) is 11.7 Å². The van der Waals surface area contributed by atoms with Gasteiger partial charge in [-0.15, -0.1) is 0 Å². The topological polar surface area (TPSA) is 59.8 Å². The van der Waals surface area contributed by atoms with Gasteiger partial charge < -0.3 is 9.88 Å². The molecule has 4 aromatic rings. The molecular weight excluding hydrogens is 331 g/mol. The normalized spacial score (nSPS) is 10.8. The van der Waals surface area contributed by atoms with Crippen molar-refractivity contribution in [2.75, 3.05) is 5.32 Å². The van der Waals surface area contributed by atoms with Gasteiger partial charge in [0.2, 0.25) is 0 Å². The Labute approximate surface area is 149 Å². The highest BCUT2D eigenvalue weighted by molar-refractivity contribution is 6.04. The zero-order valence-electron chi connectivity index (χ0n) is 14.0. The van der Waals surface area contributed by atoms with Crippen LogP contribution in [0.5, 0.6) is 0 Å². The summed E-state index contributed by atoms with van der Waals surface area (Å²) in [4.78, 5) is 21.4. The summed E-state index contributed by atoms with van der Waals surface area (Å²) in [5.41, 5.74) is 3.42. The number of hydrogen-bond acceptors (Lipinski definition) is 3. The SMILES string of the molecule is Cn1c(-c2cccc(C(=O)Nc3ccc(F)cc3)c2)nc2cccnc21. The van der Waals surface area contributed by atoms with E-state index in [2.05, 4.69) is 15.3 Å². The molecule has 26 heavy (non-hydrogen) atoms. The van der Waals surface area contributed by atoms with Gasteiger partial charge in [-0.25, -0.2) is 14.4 Å². The molecule has 5 nitrogen and oxygen atoms in total. The number of carbonyl (C=O) groups is 1. The van der Waals surface area contributed by atoms with E-state index in [4.69, 9.17) is 0 Å². The number of amides is 1. The molecule has 0 aliphatic rings. The van der Waals surface area contributed by atoms with Crippen molar-refractivity contribution in [3.63, 3.8) is 0 Å². The number of fused-ring (bicyclic) bond motifs is 1. The van der Waals surface area contributed by atoms with Gasteiger partial charge in [-0.1, -0.05) is 12.1 Å². The van der Waals surface area contributed by atoms with Crippen LogP contribution in [-0.4, -0.2) is 20.4 Å². The van der Waals surface area contributed by atoms with Gasteiger partial charge >= 0.3 is 0 Å². The molecule has 0 bridgehead atoms. The summed E-state index contributed by atoms with van der Waals surface area (Å²) >= 11 is 0. The molecule has 1 amide bonds. The summed E-state index contributed by atoms with van der Waals surface area (Å²) in [5.74, 6) is 0.117. The maximum atomic E-state index is 13.0. The van der Waals surface area contributed by atoms with Crippen molar-refractivity contribution >= 4 is 22.8 Å².